The van der Waals surface area contributed by atoms with Gasteiger partial charge in [0.2, 0.25) is 5.89 Å². The maximum Gasteiger partial charge on any atom is 0.256 e. The standard InChI is InChI=1S/C24H19ClN2O3S/c1-29-17-6-3-15(4-7-17)20-14-18(31-2)8-9-19(20)23(28)27-16-5-10-22(25)21(13-16)24-26-11-12-30-24/h3-14H,1-2H3,(H,27,28). The van der Waals surface area contributed by atoms with Crippen LogP contribution in [0.5, 0.6) is 5.75 Å². The zero-order valence-electron chi connectivity index (χ0n) is 16.9. The Morgan fingerprint density at radius 1 is 1.06 bits per heavy atom. The van der Waals surface area contributed by atoms with Gasteiger partial charge >= 0.3 is 0 Å². The summed E-state index contributed by atoms with van der Waals surface area (Å²) in [6.07, 6.45) is 5.03. The molecule has 3 aromatic carbocycles. The molecule has 0 bridgehead atoms. The molecule has 0 saturated carbocycles. The quantitative estimate of drug-likeness (QED) is 0.333. The number of amides is 1. The van der Waals surface area contributed by atoms with Crippen LogP contribution in [-0.2, 0) is 0 Å². The molecule has 0 aliphatic carbocycles. The van der Waals surface area contributed by atoms with Crippen molar-refractivity contribution in [2.75, 3.05) is 18.7 Å². The van der Waals surface area contributed by atoms with Gasteiger partial charge in [0.25, 0.3) is 5.91 Å². The van der Waals surface area contributed by atoms with E-state index in [4.69, 9.17) is 20.8 Å². The minimum Gasteiger partial charge on any atom is -0.497 e. The summed E-state index contributed by atoms with van der Waals surface area (Å²) in [7, 11) is 1.63. The Kier molecular flexibility index (Phi) is 6.30. The third kappa shape index (κ3) is 4.60. The lowest BCUT2D eigenvalue weighted by atomic mass is 9.99. The minimum atomic E-state index is -0.223. The van der Waals surface area contributed by atoms with E-state index in [-0.39, 0.29) is 5.91 Å². The van der Waals surface area contributed by atoms with E-state index in [9.17, 15) is 4.79 Å². The Morgan fingerprint density at radius 3 is 2.55 bits per heavy atom. The highest BCUT2D eigenvalue weighted by Gasteiger charge is 2.16. The summed E-state index contributed by atoms with van der Waals surface area (Å²) < 4.78 is 10.6. The van der Waals surface area contributed by atoms with E-state index in [1.807, 2.05) is 48.7 Å². The van der Waals surface area contributed by atoms with Gasteiger partial charge in [0.05, 0.1) is 23.9 Å². The van der Waals surface area contributed by atoms with Gasteiger partial charge in [-0.15, -0.1) is 11.8 Å². The fourth-order valence-corrected chi connectivity index (χ4v) is 3.82. The smallest absolute Gasteiger partial charge is 0.256 e. The molecule has 0 atom stereocenters. The minimum absolute atomic E-state index is 0.223. The van der Waals surface area contributed by atoms with Crippen molar-refractivity contribution < 1.29 is 13.9 Å². The van der Waals surface area contributed by atoms with E-state index in [1.54, 1.807) is 43.3 Å². The number of carbonyl (C=O) groups is 1. The number of rotatable bonds is 6. The molecule has 1 amide bonds. The monoisotopic (exact) mass is 450 g/mol. The lowest BCUT2D eigenvalue weighted by molar-refractivity contribution is 0.102. The molecule has 0 spiro atoms. The SMILES string of the molecule is COc1ccc(-c2cc(SC)ccc2C(=O)Nc2ccc(Cl)c(-c3ncco3)c2)cc1. The summed E-state index contributed by atoms with van der Waals surface area (Å²) in [5, 5.41) is 3.45. The van der Waals surface area contributed by atoms with Crippen molar-refractivity contribution >= 4 is 35.0 Å². The zero-order chi connectivity index (χ0) is 21.8. The van der Waals surface area contributed by atoms with Gasteiger partial charge in [-0.3, -0.25) is 4.79 Å². The molecule has 0 unspecified atom stereocenters. The van der Waals surface area contributed by atoms with E-state index < -0.39 is 0 Å². The van der Waals surface area contributed by atoms with Crippen molar-refractivity contribution in [1.29, 1.82) is 0 Å². The van der Waals surface area contributed by atoms with Crippen molar-refractivity contribution in [2.45, 2.75) is 4.90 Å². The summed E-state index contributed by atoms with van der Waals surface area (Å²) in [6, 6.07) is 18.6. The zero-order valence-corrected chi connectivity index (χ0v) is 18.5. The summed E-state index contributed by atoms with van der Waals surface area (Å²) in [5.74, 6) is 0.930. The molecule has 7 heteroatoms. The molecule has 0 aliphatic rings. The normalized spacial score (nSPS) is 10.7. The summed E-state index contributed by atoms with van der Waals surface area (Å²) in [4.78, 5) is 18.4. The molecule has 1 N–H and O–H groups in total. The second-order valence-corrected chi connectivity index (χ2v) is 7.91. The van der Waals surface area contributed by atoms with Crippen LogP contribution in [0.4, 0.5) is 5.69 Å². The number of anilines is 1. The van der Waals surface area contributed by atoms with Crippen LogP contribution >= 0.6 is 23.4 Å². The Bertz CT molecular complexity index is 1210. The van der Waals surface area contributed by atoms with Crippen LogP contribution in [0.2, 0.25) is 5.02 Å². The van der Waals surface area contributed by atoms with Crippen molar-refractivity contribution in [3.63, 3.8) is 0 Å². The molecule has 4 rings (SSSR count). The third-order valence-corrected chi connectivity index (χ3v) is 5.81. The number of thioether (sulfide) groups is 1. The van der Waals surface area contributed by atoms with Crippen LogP contribution in [0.15, 0.2) is 82.4 Å². The van der Waals surface area contributed by atoms with Gasteiger partial charge in [0.1, 0.15) is 12.0 Å². The fraction of sp³-hybridized carbons (Fsp3) is 0.0833. The number of benzene rings is 3. The molecule has 0 fully saturated rings. The molecule has 156 valence electrons. The van der Waals surface area contributed by atoms with E-state index in [2.05, 4.69) is 10.3 Å². The number of nitrogens with one attached hydrogen (secondary N) is 1. The van der Waals surface area contributed by atoms with Crippen LogP contribution in [0, 0.1) is 0 Å². The van der Waals surface area contributed by atoms with Gasteiger partial charge in [-0.25, -0.2) is 4.98 Å². The Balaban J connectivity index is 1.68. The first-order valence-electron chi connectivity index (χ1n) is 9.42. The van der Waals surface area contributed by atoms with Gasteiger partial charge < -0.3 is 14.5 Å². The van der Waals surface area contributed by atoms with Gasteiger partial charge in [-0.05, 0) is 65.9 Å². The van der Waals surface area contributed by atoms with E-state index in [0.717, 1.165) is 21.8 Å². The summed E-state index contributed by atoms with van der Waals surface area (Å²) >= 11 is 7.90. The van der Waals surface area contributed by atoms with Crippen LogP contribution in [0.3, 0.4) is 0 Å². The van der Waals surface area contributed by atoms with Crippen LogP contribution in [0.1, 0.15) is 10.4 Å². The number of carbonyl (C=O) groups excluding carboxylic acids is 1. The Hall–Kier alpha value is -3.22. The van der Waals surface area contributed by atoms with E-state index >= 15 is 0 Å². The largest absolute Gasteiger partial charge is 0.497 e. The van der Waals surface area contributed by atoms with Crippen molar-refractivity contribution in [3.8, 4) is 28.3 Å². The first-order valence-corrected chi connectivity index (χ1v) is 11.0. The highest BCUT2D eigenvalue weighted by Crippen LogP contribution is 2.32. The van der Waals surface area contributed by atoms with Crippen molar-refractivity contribution in [3.05, 3.63) is 83.7 Å². The number of ether oxygens (including phenoxy) is 1. The van der Waals surface area contributed by atoms with Crippen LogP contribution in [-0.4, -0.2) is 24.3 Å². The highest BCUT2D eigenvalue weighted by atomic mass is 35.5. The predicted octanol–water partition coefficient (Wildman–Crippen LogP) is 6.64. The molecule has 0 aliphatic heterocycles. The van der Waals surface area contributed by atoms with Gasteiger partial charge in [0.15, 0.2) is 0 Å². The second-order valence-electron chi connectivity index (χ2n) is 6.63. The van der Waals surface area contributed by atoms with Gasteiger partial charge in [-0.1, -0.05) is 23.7 Å². The van der Waals surface area contributed by atoms with Crippen molar-refractivity contribution in [2.24, 2.45) is 0 Å². The number of halogens is 1. The topological polar surface area (TPSA) is 64.4 Å². The molecule has 0 radical (unpaired) electrons. The van der Waals surface area contributed by atoms with Crippen LogP contribution < -0.4 is 10.1 Å². The molecule has 31 heavy (non-hydrogen) atoms. The fourth-order valence-electron chi connectivity index (χ4n) is 3.18. The molecule has 4 aromatic rings. The van der Waals surface area contributed by atoms with Crippen molar-refractivity contribution in [1.82, 2.24) is 4.98 Å². The molecule has 1 heterocycles. The number of aromatic nitrogens is 1. The van der Waals surface area contributed by atoms with E-state index in [0.29, 0.717) is 27.7 Å². The molecule has 5 nitrogen and oxygen atoms in total. The first kappa shape index (κ1) is 21.0. The third-order valence-electron chi connectivity index (χ3n) is 4.76. The number of hydrogen-bond donors (Lipinski definition) is 1. The number of methoxy groups -OCH3 is 1. The van der Waals surface area contributed by atoms with Gasteiger partial charge in [-0.2, -0.15) is 0 Å². The Labute approximate surface area is 189 Å². The molecule has 0 saturated heterocycles. The molecular formula is C24H19ClN2O3S. The molecular weight excluding hydrogens is 432 g/mol. The summed E-state index contributed by atoms with van der Waals surface area (Å²) in [5.41, 5.74) is 3.54. The Morgan fingerprint density at radius 2 is 1.87 bits per heavy atom. The maximum absolute atomic E-state index is 13.2. The average Bonchev–Trinajstić information content (AvgIpc) is 3.34. The first-order chi connectivity index (χ1) is 15.1. The lowest BCUT2D eigenvalue weighted by Crippen LogP contribution is -2.13. The van der Waals surface area contributed by atoms with E-state index in [1.165, 1.54) is 6.26 Å². The maximum atomic E-state index is 13.2. The highest BCUT2D eigenvalue weighted by molar-refractivity contribution is 7.98. The average molecular weight is 451 g/mol. The van der Waals surface area contributed by atoms with Crippen LogP contribution in [0.25, 0.3) is 22.6 Å². The number of oxazole rings is 1. The lowest BCUT2D eigenvalue weighted by Gasteiger charge is -2.13. The van der Waals surface area contributed by atoms with Gasteiger partial charge in [0, 0.05) is 16.1 Å². The predicted molar refractivity (Wildman–Crippen MR) is 125 cm³/mol. The number of nitrogens with zero attached hydrogens (tertiary/aromatic N) is 1. The summed E-state index contributed by atoms with van der Waals surface area (Å²) in [6.45, 7) is 0. The number of hydrogen-bond acceptors (Lipinski definition) is 5. The second kappa shape index (κ2) is 9.29. The molecule has 1 aromatic heterocycles.